The van der Waals surface area contributed by atoms with Gasteiger partial charge in [0.1, 0.15) is 11.5 Å². The van der Waals surface area contributed by atoms with Gasteiger partial charge in [0, 0.05) is 0 Å². The quantitative estimate of drug-likeness (QED) is 0.560. The Hall–Kier alpha value is -3.27. The molecule has 0 aliphatic carbocycles. The van der Waals surface area contributed by atoms with Crippen LogP contribution in [-0.4, -0.2) is 12.0 Å². The first-order valence-electron chi connectivity index (χ1n) is 9.43. The molecule has 3 aromatic carbocycles. The highest BCUT2D eigenvalue weighted by atomic mass is 16.5. The number of hydrogen-bond donors (Lipinski definition) is 1. The summed E-state index contributed by atoms with van der Waals surface area (Å²) in [4.78, 5) is 12.8. The van der Waals surface area contributed by atoms with E-state index in [4.69, 9.17) is 9.47 Å². The lowest BCUT2D eigenvalue weighted by atomic mass is 10.1. The lowest BCUT2D eigenvalue weighted by molar-refractivity contribution is -0.122. The Bertz CT molecular complexity index is 917. The zero-order chi connectivity index (χ0) is 19.9. The van der Waals surface area contributed by atoms with Gasteiger partial charge in [-0.05, 0) is 67.8 Å². The molecule has 0 fully saturated rings. The largest absolute Gasteiger partial charge is 0.481 e. The summed E-state index contributed by atoms with van der Waals surface area (Å²) in [5, 5.41) is 2.94. The van der Waals surface area contributed by atoms with E-state index in [0.29, 0.717) is 29.4 Å². The maximum atomic E-state index is 12.8. The second kappa shape index (κ2) is 9.09. The minimum absolute atomic E-state index is 0.203. The van der Waals surface area contributed by atoms with Crippen molar-refractivity contribution in [3.05, 3.63) is 83.9 Å². The van der Waals surface area contributed by atoms with Gasteiger partial charge in [-0.2, -0.15) is 0 Å². The van der Waals surface area contributed by atoms with E-state index in [0.717, 1.165) is 11.1 Å². The highest BCUT2D eigenvalue weighted by Gasteiger charge is 2.20. The summed E-state index contributed by atoms with van der Waals surface area (Å²) in [5.74, 6) is 1.80. The number of hydrogen-bond acceptors (Lipinski definition) is 3. The van der Waals surface area contributed by atoms with Crippen LogP contribution in [0.4, 0.5) is 5.69 Å². The Labute approximate surface area is 166 Å². The maximum absolute atomic E-state index is 12.8. The van der Waals surface area contributed by atoms with Crippen molar-refractivity contribution in [1.82, 2.24) is 0 Å². The summed E-state index contributed by atoms with van der Waals surface area (Å²) in [6.07, 6.45) is -0.0356. The number of anilines is 1. The summed E-state index contributed by atoms with van der Waals surface area (Å²) in [6.45, 7) is 5.95. The van der Waals surface area contributed by atoms with Crippen LogP contribution in [0.15, 0.2) is 72.8 Å². The van der Waals surface area contributed by atoms with Crippen molar-refractivity contribution in [2.45, 2.75) is 33.3 Å². The summed E-state index contributed by atoms with van der Waals surface area (Å²) in [6, 6.07) is 22.8. The monoisotopic (exact) mass is 375 g/mol. The number of para-hydroxylation sites is 3. The molecule has 0 saturated carbocycles. The minimum atomic E-state index is -0.592. The topological polar surface area (TPSA) is 47.6 Å². The van der Waals surface area contributed by atoms with Crippen LogP contribution in [0.2, 0.25) is 0 Å². The fourth-order valence-electron chi connectivity index (χ4n) is 2.98. The number of amides is 1. The van der Waals surface area contributed by atoms with E-state index in [-0.39, 0.29) is 5.91 Å². The van der Waals surface area contributed by atoms with E-state index >= 15 is 0 Å². The Balaban J connectivity index is 1.74. The average molecular weight is 375 g/mol. The van der Waals surface area contributed by atoms with Crippen LogP contribution in [0.5, 0.6) is 17.2 Å². The van der Waals surface area contributed by atoms with E-state index in [1.807, 2.05) is 87.5 Å². The first-order chi connectivity index (χ1) is 13.5. The Morgan fingerprint density at radius 3 is 2.21 bits per heavy atom. The van der Waals surface area contributed by atoms with Crippen molar-refractivity contribution in [2.24, 2.45) is 0 Å². The molecule has 144 valence electrons. The van der Waals surface area contributed by atoms with Crippen molar-refractivity contribution in [1.29, 1.82) is 0 Å². The molecule has 4 nitrogen and oxygen atoms in total. The second-order valence-electron chi connectivity index (χ2n) is 6.74. The predicted molar refractivity (Wildman–Crippen MR) is 112 cm³/mol. The molecular weight excluding hydrogens is 350 g/mol. The standard InChI is InChI=1S/C24H25NO3/c1-4-22(28-20-15-17(2)14-18(3)16-20)24(26)25-21-12-8-9-13-23(21)27-19-10-6-5-7-11-19/h5-16,22H,4H2,1-3H3,(H,25,26)/t22-/m0/s1. The van der Waals surface area contributed by atoms with E-state index in [1.165, 1.54) is 0 Å². The Morgan fingerprint density at radius 2 is 1.54 bits per heavy atom. The molecule has 4 heteroatoms. The van der Waals surface area contributed by atoms with Gasteiger partial charge >= 0.3 is 0 Å². The number of carbonyl (C=O) groups is 1. The molecular formula is C24H25NO3. The van der Waals surface area contributed by atoms with Crippen molar-refractivity contribution < 1.29 is 14.3 Å². The van der Waals surface area contributed by atoms with Gasteiger partial charge in [-0.1, -0.05) is 43.3 Å². The number of ether oxygens (including phenoxy) is 2. The zero-order valence-corrected chi connectivity index (χ0v) is 16.4. The van der Waals surface area contributed by atoms with Crippen LogP contribution in [0, 0.1) is 13.8 Å². The van der Waals surface area contributed by atoms with Crippen molar-refractivity contribution in [3.8, 4) is 17.2 Å². The van der Waals surface area contributed by atoms with Gasteiger partial charge < -0.3 is 14.8 Å². The summed E-state index contributed by atoms with van der Waals surface area (Å²) >= 11 is 0. The molecule has 0 heterocycles. The van der Waals surface area contributed by atoms with Gasteiger partial charge in [0.2, 0.25) is 0 Å². The average Bonchev–Trinajstić information content (AvgIpc) is 2.67. The molecule has 0 aliphatic heterocycles. The summed E-state index contributed by atoms with van der Waals surface area (Å²) < 4.78 is 11.9. The van der Waals surface area contributed by atoms with Gasteiger partial charge in [0.05, 0.1) is 5.69 Å². The third-order valence-electron chi connectivity index (χ3n) is 4.25. The fraction of sp³-hybridized carbons (Fsp3) is 0.208. The number of aryl methyl sites for hydroxylation is 2. The van der Waals surface area contributed by atoms with E-state index in [1.54, 1.807) is 0 Å². The number of benzene rings is 3. The van der Waals surface area contributed by atoms with E-state index in [2.05, 4.69) is 11.4 Å². The van der Waals surface area contributed by atoms with Crippen LogP contribution in [0.3, 0.4) is 0 Å². The molecule has 0 unspecified atom stereocenters. The molecule has 0 bridgehead atoms. The summed E-state index contributed by atoms with van der Waals surface area (Å²) in [5.41, 5.74) is 2.82. The predicted octanol–water partition coefficient (Wildman–Crippen LogP) is 5.89. The van der Waals surface area contributed by atoms with E-state index in [9.17, 15) is 4.79 Å². The van der Waals surface area contributed by atoms with Crippen molar-refractivity contribution >= 4 is 11.6 Å². The van der Waals surface area contributed by atoms with Crippen LogP contribution >= 0.6 is 0 Å². The lowest BCUT2D eigenvalue weighted by Crippen LogP contribution is -2.32. The molecule has 0 spiro atoms. The van der Waals surface area contributed by atoms with E-state index < -0.39 is 6.10 Å². The highest BCUT2D eigenvalue weighted by molar-refractivity contribution is 5.95. The molecule has 0 saturated heterocycles. The molecule has 3 aromatic rings. The number of nitrogens with one attached hydrogen (secondary N) is 1. The summed E-state index contributed by atoms with van der Waals surface area (Å²) in [7, 11) is 0. The van der Waals surface area contributed by atoms with Crippen LogP contribution in [-0.2, 0) is 4.79 Å². The molecule has 28 heavy (non-hydrogen) atoms. The van der Waals surface area contributed by atoms with Gasteiger partial charge in [-0.3, -0.25) is 4.79 Å². The van der Waals surface area contributed by atoms with Crippen LogP contribution in [0.1, 0.15) is 24.5 Å². The zero-order valence-electron chi connectivity index (χ0n) is 16.4. The minimum Gasteiger partial charge on any atom is -0.481 e. The SMILES string of the molecule is CC[C@H](Oc1cc(C)cc(C)c1)C(=O)Nc1ccccc1Oc1ccccc1. The molecule has 1 N–H and O–H groups in total. The molecule has 1 atom stereocenters. The first-order valence-corrected chi connectivity index (χ1v) is 9.43. The smallest absolute Gasteiger partial charge is 0.265 e. The van der Waals surface area contributed by atoms with Crippen LogP contribution < -0.4 is 14.8 Å². The van der Waals surface area contributed by atoms with Gasteiger partial charge in [-0.25, -0.2) is 0 Å². The third kappa shape index (κ3) is 5.13. The first kappa shape index (κ1) is 19.5. The molecule has 0 radical (unpaired) electrons. The fourth-order valence-corrected chi connectivity index (χ4v) is 2.98. The van der Waals surface area contributed by atoms with Gasteiger partial charge in [-0.15, -0.1) is 0 Å². The normalized spacial score (nSPS) is 11.5. The second-order valence-corrected chi connectivity index (χ2v) is 6.74. The molecule has 0 aromatic heterocycles. The molecule has 0 aliphatic rings. The molecule has 1 amide bonds. The van der Waals surface area contributed by atoms with Gasteiger partial charge in [0.25, 0.3) is 5.91 Å². The Morgan fingerprint density at radius 1 is 0.893 bits per heavy atom. The molecule has 3 rings (SSSR count). The van der Waals surface area contributed by atoms with Crippen LogP contribution in [0.25, 0.3) is 0 Å². The van der Waals surface area contributed by atoms with Crippen molar-refractivity contribution in [2.75, 3.05) is 5.32 Å². The third-order valence-corrected chi connectivity index (χ3v) is 4.25. The van der Waals surface area contributed by atoms with Crippen molar-refractivity contribution in [3.63, 3.8) is 0 Å². The van der Waals surface area contributed by atoms with Gasteiger partial charge in [0.15, 0.2) is 11.9 Å². The number of rotatable bonds is 7. The number of carbonyl (C=O) groups excluding carboxylic acids is 1. The Kier molecular flexibility index (Phi) is 6.33. The lowest BCUT2D eigenvalue weighted by Gasteiger charge is -2.19. The maximum Gasteiger partial charge on any atom is 0.265 e. The highest BCUT2D eigenvalue weighted by Crippen LogP contribution is 2.29.